The zero-order valence-corrected chi connectivity index (χ0v) is 22.1. The number of amides is 2. The molecule has 2 aliphatic rings. The number of nitrogen functional groups attached to an aromatic ring is 1. The van der Waals surface area contributed by atoms with Crippen molar-refractivity contribution in [3.8, 4) is 11.1 Å². The minimum absolute atomic E-state index is 0.0115. The highest BCUT2D eigenvalue weighted by atomic mass is 19.1. The zero-order chi connectivity index (χ0) is 28.7. The number of carbonyl (C=O) groups is 2. The molecular weight excluding hydrogens is 524 g/mol. The lowest BCUT2D eigenvalue weighted by Gasteiger charge is -2.33. The number of nitrogens with zero attached hydrogens (tertiary/aromatic N) is 4. The molecule has 2 fully saturated rings. The number of likely N-dealkylation sites (N-methyl/N-ethyl adjacent to an activating group) is 1. The molecule has 1 saturated carbocycles. The van der Waals surface area contributed by atoms with E-state index in [4.69, 9.17) is 10.2 Å². The van der Waals surface area contributed by atoms with Crippen molar-refractivity contribution in [2.75, 3.05) is 24.2 Å². The van der Waals surface area contributed by atoms with Crippen molar-refractivity contribution in [1.29, 1.82) is 0 Å². The predicted molar refractivity (Wildman–Crippen MR) is 144 cm³/mol. The number of benzene rings is 2. The molecule has 1 unspecified atom stereocenters. The van der Waals surface area contributed by atoms with Crippen molar-refractivity contribution in [2.24, 2.45) is 0 Å². The van der Waals surface area contributed by atoms with Gasteiger partial charge in [-0.3, -0.25) is 19.4 Å². The second-order valence-electron chi connectivity index (χ2n) is 10.7. The number of aromatic nitrogens is 2. The van der Waals surface area contributed by atoms with Crippen LogP contribution < -0.4 is 16.2 Å². The smallest absolute Gasteiger partial charge is 0.408 e. The molecule has 6 rings (SSSR count). The molecule has 1 atom stereocenters. The van der Waals surface area contributed by atoms with E-state index in [1.165, 1.54) is 7.05 Å². The van der Waals surface area contributed by atoms with E-state index < -0.39 is 34.7 Å². The first kappa shape index (κ1) is 25.8. The van der Waals surface area contributed by atoms with Crippen molar-refractivity contribution in [2.45, 2.75) is 51.1 Å². The van der Waals surface area contributed by atoms with Crippen molar-refractivity contribution in [3.63, 3.8) is 0 Å². The lowest BCUT2D eigenvalue weighted by molar-refractivity contribution is -0.127. The predicted octanol–water partition coefficient (Wildman–Crippen LogP) is 4.81. The number of hydrogen-bond donors (Lipinski definition) is 2. The number of nitrogens with two attached hydrogens (primary N) is 1. The number of carboxylic acid groups (broad SMARTS) is 1. The quantitative estimate of drug-likeness (QED) is 0.348. The summed E-state index contributed by atoms with van der Waals surface area (Å²) in [6, 6.07) is 5.01. The van der Waals surface area contributed by atoms with Crippen molar-refractivity contribution < 1.29 is 27.9 Å². The number of halogens is 2. The van der Waals surface area contributed by atoms with E-state index in [-0.39, 0.29) is 41.0 Å². The molecule has 12 heteroatoms. The van der Waals surface area contributed by atoms with Crippen LogP contribution in [0.15, 0.2) is 33.5 Å². The van der Waals surface area contributed by atoms with Gasteiger partial charge in [0.2, 0.25) is 0 Å². The fraction of sp³-hybridized carbons (Fsp3) is 0.357. The topological polar surface area (TPSA) is 135 Å². The van der Waals surface area contributed by atoms with E-state index >= 15 is 0 Å². The maximum atomic E-state index is 14.9. The second kappa shape index (κ2) is 8.77. The molecule has 208 valence electrons. The van der Waals surface area contributed by atoms with Crippen LogP contribution in [0.4, 0.5) is 25.3 Å². The minimum Gasteiger partial charge on any atom is -0.465 e. The van der Waals surface area contributed by atoms with Crippen LogP contribution in [0.5, 0.6) is 0 Å². The van der Waals surface area contributed by atoms with E-state index in [1.54, 1.807) is 30.5 Å². The molecule has 0 radical (unpaired) electrons. The van der Waals surface area contributed by atoms with Gasteiger partial charge in [0, 0.05) is 36.7 Å². The highest BCUT2D eigenvalue weighted by Crippen LogP contribution is 2.42. The molecule has 2 aromatic heterocycles. The van der Waals surface area contributed by atoms with Gasteiger partial charge >= 0.3 is 12.1 Å². The fourth-order valence-electron chi connectivity index (χ4n) is 5.87. The van der Waals surface area contributed by atoms with Gasteiger partial charge in [-0.25, -0.2) is 13.6 Å². The van der Waals surface area contributed by atoms with Gasteiger partial charge in [0.05, 0.1) is 11.2 Å². The molecule has 40 heavy (non-hydrogen) atoms. The Morgan fingerprint density at radius 2 is 1.93 bits per heavy atom. The molecule has 2 aromatic carbocycles. The fourth-order valence-corrected chi connectivity index (χ4v) is 5.87. The first-order valence-electron chi connectivity index (χ1n) is 13.0. The van der Waals surface area contributed by atoms with Crippen LogP contribution in [0.1, 0.15) is 44.2 Å². The first-order valence-corrected chi connectivity index (χ1v) is 13.0. The SMILES string of the molecule is Cc1c(-c2cc(F)c(N)cc2F)ccc2c3oc(N(C)C(=O)C4(C)CCCN4C(=O)O)nc3c(=O)n(C3CC3)c12. The summed E-state index contributed by atoms with van der Waals surface area (Å²) < 4.78 is 36.8. The highest BCUT2D eigenvalue weighted by Gasteiger charge is 2.48. The number of oxazole rings is 1. The van der Waals surface area contributed by atoms with Gasteiger partial charge in [-0.2, -0.15) is 4.98 Å². The van der Waals surface area contributed by atoms with E-state index in [2.05, 4.69) is 4.98 Å². The monoisotopic (exact) mass is 551 g/mol. The van der Waals surface area contributed by atoms with Crippen LogP contribution in [0, 0.1) is 18.6 Å². The number of likely N-dealkylation sites (tertiary alicyclic amines) is 1. The van der Waals surface area contributed by atoms with Crippen LogP contribution >= 0.6 is 0 Å². The summed E-state index contributed by atoms with van der Waals surface area (Å²) in [5, 5.41) is 10.1. The summed E-state index contributed by atoms with van der Waals surface area (Å²) in [7, 11) is 1.43. The van der Waals surface area contributed by atoms with E-state index in [9.17, 15) is 28.3 Å². The van der Waals surface area contributed by atoms with Gasteiger partial charge in [0.25, 0.3) is 11.5 Å². The Morgan fingerprint density at radius 1 is 1.20 bits per heavy atom. The molecule has 3 heterocycles. The normalized spacial score (nSPS) is 19.1. The lowest BCUT2D eigenvalue weighted by Crippen LogP contribution is -2.55. The van der Waals surface area contributed by atoms with Crippen molar-refractivity contribution in [1.82, 2.24) is 14.5 Å². The van der Waals surface area contributed by atoms with Crippen LogP contribution in [0.2, 0.25) is 0 Å². The molecule has 1 saturated heterocycles. The number of pyridine rings is 1. The van der Waals surface area contributed by atoms with Gasteiger partial charge < -0.3 is 19.8 Å². The summed E-state index contributed by atoms with van der Waals surface area (Å²) in [6.45, 7) is 3.52. The van der Waals surface area contributed by atoms with Gasteiger partial charge in [0.15, 0.2) is 11.1 Å². The third kappa shape index (κ3) is 3.65. The summed E-state index contributed by atoms with van der Waals surface area (Å²) in [5.41, 5.74) is 5.13. The van der Waals surface area contributed by atoms with Gasteiger partial charge in [-0.15, -0.1) is 0 Å². The molecule has 0 spiro atoms. The molecule has 1 aliphatic heterocycles. The Morgan fingerprint density at radius 3 is 2.60 bits per heavy atom. The van der Waals surface area contributed by atoms with Crippen LogP contribution in [0.3, 0.4) is 0 Å². The number of aryl methyl sites for hydroxylation is 1. The molecule has 4 aromatic rings. The summed E-state index contributed by atoms with van der Waals surface area (Å²) in [5.74, 6) is -1.97. The van der Waals surface area contributed by atoms with E-state index in [0.29, 0.717) is 34.9 Å². The van der Waals surface area contributed by atoms with Crippen molar-refractivity contribution >= 4 is 45.7 Å². The van der Waals surface area contributed by atoms with Gasteiger partial charge in [-0.05, 0) is 62.8 Å². The summed E-state index contributed by atoms with van der Waals surface area (Å²) in [4.78, 5) is 45.6. The molecule has 1 aliphatic carbocycles. The molecule has 10 nitrogen and oxygen atoms in total. The number of rotatable bonds is 4. The zero-order valence-electron chi connectivity index (χ0n) is 22.1. The number of anilines is 2. The van der Waals surface area contributed by atoms with Crippen molar-refractivity contribution in [3.05, 3.63) is 51.8 Å². The summed E-state index contributed by atoms with van der Waals surface area (Å²) >= 11 is 0. The van der Waals surface area contributed by atoms with Crippen LogP contribution in [0.25, 0.3) is 33.1 Å². The maximum absolute atomic E-state index is 14.9. The van der Waals surface area contributed by atoms with E-state index in [1.807, 2.05) is 0 Å². The Hall–Kier alpha value is -4.48. The third-order valence-electron chi connectivity index (χ3n) is 8.17. The molecular formula is C28H27F2N5O5. The third-order valence-corrected chi connectivity index (χ3v) is 8.17. The average Bonchev–Trinajstić information content (AvgIpc) is 3.50. The maximum Gasteiger partial charge on any atom is 0.408 e. The largest absolute Gasteiger partial charge is 0.465 e. The lowest BCUT2D eigenvalue weighted by atomic mass is 9.96. The summed E-state index contributed by atoms with van der Waals surface area (Å²) in [6.07, 6.45) is 1.21. The Bertz CT molecular complexity index is 1810. The Kier molecular flexibility index (Phi) is 5.65. The van der Waals surface area contributed by atoms with Gasteiger partial charge in [-0.1, -0.05) is 6.07 Å². The Labute approximate surface area is 226 Å². The molecule has 0 bridgehead atoms. The average molecular weight is 552 g/mol. The second-order valence-corrected chi connectivity index (χ2v) is 10.7. The molecule has 3 N–H and O–H groups in total. The van der Waals surface area contributed by atoms with Crippen LogP contribution in [-0.4, -0.2) is 50.7 Å². The number of carbonyl (C=O) groups excluding carboxylic acids is 1. The standard InChI is InChI=1S/C28H27F2N5O5/c1-13-15(17-11-19(30)20(31)12-18(17)29)7-8-16-22(13)35(14-5-6-14)24(36)21-23(16)40-26(32-21)33(3)25(37)28(2)9-4-10-34(28)27(38)39/h7-8,11-12,14H,4-6,9-10,31H2,1-3H3,(H,38,39). The Balaban J connectivity index is 1.54. The first-order chi connectivity index (χ1) is 18.9. The highest BCUT2D eigenvalue weighted by molar-refractivity contribution is 6.06. The number of fused-ring (bicyclic) bond motifs is 3. The van der Waals surface area contributed by atoms with Crippen LogP contribution in [-0.2, 0) is 4.79 Å². The number of hydrogen-bond acceptors (Lipinski definition) is 6. The minimum atomic E-state index is -1.30. The van der Waals surface area contributed by atoms with E-state index in [0.717, 1.165) is 34.8 Å². The van der Waals surface area contributed by atoms with Gasteiger partial charge in [0.1, 0.15) is 17.2 Å². The molecule has 2 amide bonds.